The molecule has 42 heavy (non-hydrogen) atoms. The van der Waals surface area contributed by atoms with Crippen LogP contribution in [0.2, 0.25) is 0 Å². The number of aromatic nitrogens is 4. The Hall–Kier alpha value is -5.55. The van der Waals surface area contributed by atoms with Crippen LogP contribution >= 0.6 is 0 Å². The number of fused-ring (bicyclic) bond motifs is 1. The van der Waals surface area contributed by atoms with Crippen LogP contribution in [0.25, 0.3) is 61.6 Å². The molecule has 0 radical (unpaired) electrons. The van der Waals surface area contributed by atoms with Crippen LogP contribution in [0.15, 0.2) is 128 Å². The summed E-state index contributed by atoms with van der Waals surface area (Å²) in [6, 6.07) is 36.6. The van der Waals surface area contributed by atoms with E-state index in [4.69, 9.17) is 9.97 Å². The molecule has 5 heteroatoms. The van der Waals surface area contributed by atoms with Crippen molar-refractivity contribution in [2.24, 2.45) is 0 Å². The van der Waals surface area contributed by atoms with Gasteiger partial charge >= 0.3 is 0 Å². The zero-order valence-corrected chi connectivity index (χ0v) is 23.4. The molecule has 3 heterocycles. The van der Waals surface area contributed by atoms with Gasteiger partial charge in [-0.15, -0.1) is 0 Å². The van der Waals surface area contributed by atoms with E-state index in [0.717, 1.165) is 50.2 Å². The Balaban J connectivity index is 1.41. The van der Waals surface area contributed by atoms with Gasteiger partial charge in [0.15, 0.2) is 0 Å². The number of para-hydroxylation sites is 1. The number of imidazole rings is 1. The summed E-state index contributed by atoms with van der Waals surface area (Å²) >= 11 is 0. The third kappa shape index (κ3) is 4.51. The molecule has 0 bridgehead atoms. The van der Waals surface area contributed by atoms with Crippen molar-refractivity contribution in [3.8, 4) is 56.3 Å². The van der Waals surface area contributed by atoms with Crippen LogP contribution in [0.5, 0.6) is 5.75 Å². The summed E-state index contributed by atoms with van der Waals surface area (Å²) in [7, 11) is 0. The summed E-state index contributed by atoms with van der Waals surface area (Å²) in [6.45, 7) is 4.10. The van der Waals surface area contributed by atoms with Crippen LogP contribution in [0.4, 0.5) is 0 Å². The number of aromatic hydroxyl groups is 1. The molecule has 0 saturated heterocycles. The fraction of sp³-hybridized carbons (Fsp3) is 0.0541. The highest BCUT2D eigenvalue weighted by Crippen LogP contribution is 2.38. The predicted molar refractivity (Wildman–Crippen MR) is 170 cm³/mol. The van der Waals surface area contributed by atoms with E-state index in [0.29, 0.717) is 11.4 Å². The van der Waals surface area contributed by atoms with Crippen LogP contribution in [0.1, 0.15) is 11.1 Å². The summed E-state index contributed by atoms with van der Waals surface area (Å²) in [5.41, 5.74) is 11.6. The maximum absolute atomic E-state index is 10.9. The first-order valence-electron chi connectivity index (χ1n) is 13.9. The monoisotopic (exact) mass is 544 g/mol. The van der Waals surface area contributed by atoms with Crippen molar-refractivity contribution in [2.75, 3.05) is 0 Å². The maximum atomic E-state index is 10.9. The van der Waals surface area contributed by atoms with Gasteiger partial charge in [0.1, 0.15) is 17.1 Å². The normalized spacial score (nSPS) is 11.2. The van der Waals surface area contributed by atoms with Gasteiger partial charge in [-0.2, -0.15) is 0 Å². The van der Waals surface area contributed by atoms with E-state index >= 15 is 0 Å². The number of phenolic OH excluding ortho intramolecular Hbond substituents is 1. The Morgan fingerprint density at radius 3 is 2.17 bits per heavy atom. The molecule has 0 fully saturated rings. The number of aryl methyl sites for hydroxylation is 2. The molecule has 0 unspecified atom stereocenters. The summed E-state index contributed by atoms with van der Waals surface area (Å²) in [4.78, 5) is 14.6. The minimum absolute atomic E-state index is 0.184. The molecule has 0 aliphatic rings. The van der Waals surface area contributed by atoms with Gasteiger partial charge in [0, 0.05) is 29.2 Å². The van der Waals surface area contributed by atoms with Crippen LogP contribution < -0.4 is 0 Å². The first-order chi connectivity index (χ1) is 20.6. The molecule has 3 aromatic heterocycles. The molecule has 4 aromatic carbocycles. The minimum Gasteiger partial charge on any atom is -0.507 e. The molecule has 202 valence electrons. The van der Waals surface area contributed by atoms with Crippen LogP contribution in [0, 0.1) is 13.8 Å². The summed E-state index contributed by atoms with van der Waals surface area (Å²) < 4.78 is 2.07. The number of hydrogen-bond donors (Lipinski definition) is 1. The fourth-order valence-electron chi connectivity index (χ4n) is 5.51. The zero-order chi connectivity index (χ0) is 28.6. The summed E-state index contributed by atoms with van der Waals surface area (Å²) in [5.74, 6) is 0.847. The highest BCUT2D eigenvalue weighted by atomic mass is 16.3. The molecule has 1 N–H and O–H groups in total. The Kier molecular flexibility index (Phi) is 6.32. The third-order valence-corrected chi connectivity index (χ3v) is 7.63. The zero-order valence-electron chi connectivity index (χ0n) is 23.4. The van der Waals surface area contributed by atoms with E-state index in [1.165, 1.54) is 11.1 Å². The molecule has 0 spiro atoms. The molecular formula is C37H28N4O. The van der Waals surface area contributed by atoms with Gasteiger partial charge in [-0.25, -0.2) is 4.98 Å². The van der Waals surface area contributed by atoms with Gasteiger partial charge in [0.25, 0.3) is 0 Å². The second kappa shape index (κ2) is 10.5. The summed E-state index contributed by atoms with van der Waals surface area (Å²) in [5, 5.41) is 10.9. The molecule has 5 nitrogen and oxygen atoms in total. The quantitative estimate of drug-likeness (QED) is 0.235. The van der Waals surface area contributed by atoms with E-state index in [9.17, 15) is 5.11 Å². The van der Waals surface area contributed by atoms with E-state index in [1.54, 1.807) is 6.07 Å². The Bertz CT molecular complexity index is 2060. The summed E-state index contributed by atoms with van der Waals surface area (Å²) in [6.07, 6.45) is 5.64. The molecule has 0 aliphatic heterocycles. The van der Waals surface area contributed by atoms with Crippen molar-refractivity contribution in [1.29, 1.82) is 0 Å². The van der Waals surface area contributed by atoms with Crippen molar-refractivity contribution in [2.45, 2.75) is 13.8 Å². The number of hydrogen-bond acceptors (Lipinski definition) is 4. The SMILES string of the molecule is Cc1ccc(O)c(-c2nc3c(-c4cccc(-c5cc(-c6ccccc6)c(C)cn5)c4)cncc3n2-c2ccccc2)c1. The predicted octanol–water partition coefficient (Wildman–Crippen LogP) is 8.81. The van der Waals surface area contributed by atoms with E-state index < -0.39 is 0 Å². The standard InChI is InChI=1S/C37H28N4O/c1-24-16-17-35(42)31(18-24)37-40-36-32(22-38-23-34(36)41(37)29-14-7-4-8-15-29)27-12-9-13-28(19-27)33-20-30(25(2)21-39-33)26-10-5-3-6-11-26/h3-23,42H,1-2H3. The van der Waals surface area contributed by atoms with Crippen LogP contribution in [0.3, 0.4) is 0 Å². The highest BCUT2D eigenvalue weighted by molar-refractivity contribution is 5.95. The molecule has 0 saturated carbocycles. The molecule has 0 amide bonds. The molecule has 7 aromatic rings. The maximum Gasteiger partial charge on any atom is 0.149 e. The largest absolute Gasteiger partial charge is 0.507 e. The number of pyridine rings is 2. The highest BCUT2D eigenvalue weighted by Gasteiger charge is 2.20. The fourth-order valence-corrected chi connectivity index (χ4v) is 5.51. The van der Waals surface area contributed by atoms with Gasteiger partial charge in [-0.05, 0) is 72.5 Å². The van der Waals surface area contributed by atoms with E-state index in [1.807, 2.05) is 74.0 Å². The van der Waals surface area contributed by atoms with Crippen molar-refractivity contribution < 1.29 is 5.11 Å². The van der Waals surface area contributed by atoms with Gasteiger partial charge in [-0.1, -0.05) is 78.4 Å². The molecule has 7 rings (SSSR count). The average Bonchev–Trinajstić information content (AvgIpc) is 3.43. The van der Waals surface area contributed by atoms with Crippen molar-refractivity contribution in [3.05, 3.63) is 139 Å². The van der Waals surface area contributed by atoms with Gasteiger partial charge in [-0.3, -0.25) is 14.5 Å². The van der Waals surface area contributed by atoms with Gasteiger partial charge in [0.2, 0.25) is 0 Å². The Labute approximate surface area is 244 Å². The van der Waals surface area contributed by atoms with Gasteiger partial charge in [0.05, 0.1) is 23.0 Å². The second-order valence-corrected chi connectivity index (χ2v) is 10.5. The number of rotatable bonds is 5. The Morgan fingerprint density at radius 2 is 1.36 bits per heavy atom. The minimum atomic E-state index is 0.184. The Morgan fingerprint density at radius 1 is 0.619 bits per heavy atom. The molecule has 0 atom stereocenters. The lowest BCUT2D eigenvalue weighted by Crippen LogP contribution is -1.98. The van der Waals surface area contributed by atoms with Crippen LogP contribution in [-0.4, -0.2) is 24.6 Å². The second-order valence-electron chi connectivity index (χ2n) is 10.5. The van der Waals surface area contributed by atoms with Crippen LogP contribution in [-0.2, 0) is 0 Å². The molecular weight excluding hydrogens is 516 g/mol. The molecule has 0 aliphatic carbocycles. The van der Waals surface area contributed by atoms with Crippen molar-refractivity contribution >= 4 is 11.0 Å². The smallest absolute Gasteiger partial charge is 0.149 e. The third-order valence-electron chi connectivity index (χ3n) is 7.63. The lowest BCUT2D eigenvalue weighted by Gasteiger charge is -2.11. The van der Waals surface area contributed by atoms with E-state index in [-0.39, 0.29) is 5.75 Å². The lowest BCUT2D eigenvalue weighted by atomic mass is 9.98. The first-order valence-corrected chi connectivity index (χ1v) is 13.9. The lowest BCUT2D eigenvalue weighted by molar-refractivity contribution is 0.476. The number of phenols is 1. The average molecular weight is 545 g/mol. The van der Waals surface area contributed by atoms with Crippen molar-refractivity contribution in [1.82, 2.24) is 19.5 Å². The number of benzene rings is 4. The van der Waals surface area contributed by atoms with Gasteiger partial charge < -0.3 is 5.11 Å². The topological polar surface area (TPSA) is 63.8 Å². The van der Waals surface area contributed by atoms with Crippen molar-refractivity contribution in [3.63, 3.8) is 0 Å². The number of nitrogens with zero attached hydrogens (tertiary/aromatic N) is 4. The van der Waals surface area contributed by atoms with E-state index in [2.05, 4.69) is 71.1 Å². The first kappa shape index (κ1) is 25.4.